The summed E-state index contributed by atoms with van der Waals surface area (Å²) in [6, 6.07) is 0. The molecule has 0 aromatic heterocycles. The summed E-state index contributed by atoms with van der Waals surface area (Å²) >= 11 is 0. The highest BCUT2D eigenvalue weighted by Gasteiger charge is 2.52. The van der Waals surface area contributed by atoms with Gasteiger partial charge in [0.05, 0.1) is 12.1 Å². The number of carboxylic acids is 1. The molecule has 0 aromatic carbocycles. The second kappa shape index (κ2) is 4.04. The Morgan fingerprint density at radius 3 is 2.40 bits per heavy atom. The smallest absolute Gasteiger partial charge is 0.407 e. The van der Waals surface area contributed by atoms with E-state index < -0.39 is 30.1 Å². The third-order valence-electron chi connectivity index (χ3n) is 3.21. The number of halogens is 1. The highest BCUT2D eigenvalue weighted by Crippen LogP contribution is 2.39. The van der Waals surface area contributed by atoms with Crippen molar-refractivity contribution in [3.63, 3.8) is 0 Å². The molecule has 0 spiro atoms. The summed E-state index contributed by atoms with van der Waals surface area (Å²) in [7, 11) is 0. The highest BCUT2D eigenvalue weighted by atomic mass is 19.1. The average Bonchev–Trinajstić information content (AvgIpc) is 2.57. The van der Waals surface area contributed by atoms with Crippen molar-refractivity contribution in [1.29, 1.82) is 0 Å². The number of alkyl halides is 1. The number of likely N-dealkylation sites (tertiary alicyclic amines) is 1. The number of carbonyl (C=O) groups is 2. The third-order valence-corrected chi connectivity index (χ3v) is 3.21. The van der Waals surface area contributed by atoms with Crippen LogP contribution in [0.5, 0.6) is 0 Å². The highest BCUT2D eigenvalue weighted by molar-refractivity contribution is 5.78. The summed E-state index contributed by atoms with van der Waals surface area (Å²) in [5.41, 5.74) is -1.26. The zero-order valence-corrected chi connectivity index (χ0v) is 8.44. The monoisotopic (exact) mass is 219 g/mol. The number of hydrogen-bond acceptors (Lipinski definition) is 2. The van der Waals surface area contributed by atoms with Gasteiger partial charge in [0.15, 0.2) is 0 Å². The molecular weight excluding hydrogens is 205 g/mol. The van der Waals surface area contributed by atoms with Gasteiger partial charge in [-0.1, -0.05) is 6.92 Å². The van der Waals surface area contributed by atoms with Crippen LogP contribution in [0.1, 0.15) is 13.3 Å². The van der Waals surface area contributed by atoms with Crippen molar-refractivity contribution in [3.8, 4) is 0 Å². The van der Waals surface area contributed by atoms with Gasteiger partial charge in [-0.25, -0.2) is 4.79 Å². The van der Waals surface area contributed by atoms with Crippen molar-refractivity contribution in [1.82, 2.24) is 4.90 Å². The van der Waals surface area contributed by atoms with E-state index in [4.69, 9.17) is 10.2 Å². The molecule has 0 aromatic rings. The predicted octanol–water partition coefficient (Wildman–Crippen LogP) is 1.05. The molecule has 2 unspecified atom stereocenters. The van der Waals surface area contributed by atoms with Crippen LogP contribution in [0.25, 0.3) is 0 Å². The van der Waals surface area contributed by atoms with Crippen molar-refractivity contribution < 1.29 is 24.2 Å². The Kier molecular flexibility index (Phi) is 3.16. The number of nitrogens with zero attached hydrogens (tertiary/aromatic N) is 1. The maximum absolute atomic E-state index is 12.7. The molecule has 0 radical (unpaired) electrons. The minimum Gasteiger partial charge on any atom is -0.481 e. The van der Waals surface area contributed by atoms with Gasteiger partial charge in [0.1, 0.15) is 0 Å². The number of hydrogen-bond donors (Lipinski definition) is 2. The Hall–Kier alpha value is -1.33. The standard InChI is InChI=1S/C9H14FNO4/c1-2-9(7(12)13)5-11(8(14)15)4-6(9)3-10/h6H,2-5H2,1H3,(H,12,13)(H,14,15). The predicted molar refractivity (Wildman–Crippen MR) is 49.4 cm³/mol. The number of rotatable bonds is 3. The SMILES string of the molecule is CCC1(C(=O)O)CN(C(=O)O)CC1CF. The van der Waals surface area contributed by atoms with E-state index in [-0.39, 0.29) is 19.5 Å². The van der Waals surface area contributed by atoms with Crippen molar-refractivity contribution >= 4 is 12.1 Å². The number of amides is 1. The first-order chi connectivity index (χ1) is 6.97. The molecule has 1 aliphatic heterocycles. The maximum Gasteiger partial charge on any atom is 0.407 e. The van der Waals surface area contributed by atoms with Crippen LogP contribution in [0.15, 0.2) is 0 Å². The summed E-state index contributed by atoms with van der Waals surface area (Å²) in [6.45, 7) is 0.681. The fraction of sp³-hybridized carbons (Fsp3) is 0.778. The largest absolute Gasteiger partial charge is 0.481 e. The van der Waals surface area contributed by atoms with Crippen LogP contribution in [0.4, 0.5) is 9.18 Å². The van der Waals surface area contributed by atoms with Crippen molar-refractivity contribution in [2.75, 3.05) is 19.8 Å². The average molecular weight is 219 g/mol. The Morgan fingerprint density at radius 2 is 2.13 bits per heavy atom. The van der Waals surface area contributed by atoms with E-state index >= 15 is 0 Å². The van der Waals surface area contributed by atoms with Crippen LogP contribution in [-0.4, -0.2) is 46.9 Å². The number of carboxylic acid groups (broad SMARTS) is 2. The van der Waals surface area contributed by atoms with Gasteiger partial charge in [-0.05, 0) is 6.42 Å². The molecule has 1 saturated heterocycles. The molecule has 2 atom stereocenters. The van der Waals surface area contributed by atoms with Crippen molar-refractivity contribution in [2.24, 2.45) is 11.3 Å². The molecule has 15 heavy (non-hydrogen) atoms. The minimum atomic E-state index is -1.26. The Morgan fingerprint density at radius 1 is 1.53 bits per heavy atom. The molecule has 1 fully saturated rings. The fourth-order valence-corrected chi connectivity index (χ4v) is 2.11. The molecular formula is C9H14FNO4. The van der Waals surface area contributed by atoms with Gasteiger partial charge in [-0.3, -0.25) is 9.18 Å². The topological polar surface area (TPSA) is 77.8 Å². The molecule has 0 saturated carbocycles. The lowest BCUT2D eigenvalue weighted by Gasteiger charge is -2.26. The summed E-state index contributed by atoms with van der Waals surface area (Å²) in [6.07, 6.45) is -0.953. The molecule has 6 heteroatoms. The first-order valence-corrected chi connectivity index (χ1v) is 4.75. The van der Waals surface area contributed by atoms with Gasteiger partial charge >= 0.3 is 12.1 Å². The molecule has 1 heterocycles. The molecule has 86 valence electrons. The molecule has 1 aliphatic rings. The summed E-state index contributed by atoms with van der Waals surface area (Å²) < 4.78 is 12.7. The Bertz CT molecular complexity index is 283. The second-order valence-electron chi connectivity index (χ2n) is 3.83. The van der Waals surface area contributed by atoms with Crippen molar-refractivity contribution in [3.05, 3.63) is 0 Å². The molecule has 1 rings (SSSR count). The molecule has 0 aliphatic carbocycles. The van der Waals surface area contributed by atoms with E-state index in [1.54, 1.807) is 6.92 Å². The first-order valence-electron chi connectivity index (χ1n) is 4.75. The van der Waals surface area contributed by atoms with Crippen LogP contribution < -0.4 is 0 Å². The lowest BCUT2D eigenvalue weighted by Crippen LogP contribution is -2.39. The van der Waals surface area contributed by atoms with E-state index in [0.717, 1.165) is 4.90 Å². The van der Waals surface area contributed by atoms with E-state index in [2.05, 4.69) is 0 Å². The fourth-order valence-electron chi connectivity index (χ4n) is 2.11. The zero-order chi connectivity index (χ0) is 11.6. The second-order valence-corrected chi connectivity index (χ2v) is 3.83. The maximum atomic E-state index is 12.7. The molecule has 0 bridgehead atoms. The summed E-state index contributed by atoms with van der Waals surface area (Å²) in [4.78, 5) is 22.8. The van der Waals surface area contributed by atoms with E-state index in [0.29, 0.717) is 0 Å². The van der Waals surface area contributed by atoms with Crippen LogP contribution in [-0.2, 0) is 4.79 Å². The summed E-state index contributed by atoms with van der Waals surface area (Å²) in [5.74, 6) is -1.85. The molecule has 1 amide bonds. The quantitative estimate of drug-likeness (QED) is 0.743. The summed E-state index contributed by atoms with van der Waals surface area (Å²) in [5, 5.41) is 17.8. The number of aliphatic carboxylic acids is 1. The van der Waals surface area contributed by atoms with Crippen LogP contribution in [0, 0.1) is 11.3 Å². The van der Waals surface area contributed by atoms with E-state index in [1.807, 2.05) is 0 Å². The zero-order valence-electron chi connectivity index (χ0n) is 8.44. The van der Waals surface area contributed by atoms with Crippen LogP contribution in [0.2, 0.25) is 0 Å². The lowest BCUT2D eigenvalue weighted by molar-refractivity contribution is -0.151. The normalized spacial score (nSPS) is 30.5. The molecule has 5 nitrogen and oxygen atoms in total. The van der Waals surface area contributed by atoms with Gasteiger partial charge in [0.25, 0.3) is 0 Å². The molecule has 2 N–H and O–H groups in total. The van der Waals surface area contributed by atoms with Crippen LogP contribution in [0.3, 0.4) is 0 Å². The van der Waals surface area contributed by atoms with Gasteiger partial charge in [0.2, 0.25) is 0 Å². The first kappa shape index (κ1) is 11.7. The van der Waals surface area contributed by atoms with Gasteiger partial charge in [-0.2, -0.15) is 0 Å². The minimum absolute atomic E-state index is 0.0357. The van der Waals surface area contributed by atoms with Gasteiger partial charge in [0, 0.05) is 19.0 Å². The van der Waals surface area contributed by atoms with Gasteiger partial charge < -0.3 is 15.1 Å². The van der Waals surface area contributed by atoms with E-state index in [9.17, 15) is 14.0 Å². The Balaban J connectivity index is 2.96. The third kappa shape index (κ3) is 1.75. The van der Waals surface area contributed by atoms with Crippen LogP contribution >= 0.6 is 0 Å². The Labute approximate surface area is 86.5 Å². The lowest BCUT2D eigenvalue weighted by atomic mass is 9.76. The van der Waals surface area contributed by atoms with Crippen molar-refractivity contribution in [2.45, 2.75) is 13.3 Å². The van der Waals surface area contributed by atoms with E-state index in [1.165, 1.54) is 0 Å². The van der Waals surface area contributed by atoms with Gasteiger partial charge in [-0.15, -0.1) is 0 Å².